The zero-order valence-electron chi connectivity index (χ0n) is 6.14. The molecular formula is C7H14OS. The van der Waals surface area contributed by atoms with E-state index in [0.29, 0.717) is 0 Å². The average Bonchev–Trinajstić information content (AvgIpc) is 1.77. The van der Waals surface area contributed by atoms with Crippen LogP contribution in [0.5, 0.6) is 0 Å². The fourth-order valence-corrected chi connectivity index (χ4v) is 2.56. The predicted molar refractivity (Wildman–Crippen MR) is 40.9 cm³/mol. The van der Waals surface area contributed by atoms with Crippen molar-refractivity contribution < 1.29 is 4.21 Å². The van der Waals surface area contributed by atoms with E-state index in [1.807, 2.05) is 0 Å². The maximum atomic E-state index is 11.2. The maximum Gasteiger partial charge on any atom is 0.0403 e. The normalized spacial score (nSPS) is 34.2. The van der Waals surface area contributed by atoms with Gasteiger partial charge in [-0.15, -0.1) is 0 Å². The third-order valence-electron chi connectivity index (χ3n) is 1.97. The molecule has 1 fully saturated rings. The molecule has 1 unspecified atom stereocenters. The van der Waals surface area contributed by atoms with Gasteiger partial charge in [-0.05, 0) is 26.7 Å². The van der Waals surface area contributed by atoms with Crippen molar-refractivity contribution in [3.8, 4) is 0 Å². The minimum absolute atomic E-state index is 0.109. The van der Waals surface area contributed by atoms with Gasteiger partial charge in [-0.3, -0.25) is 4.21 Å². The highest BCUT2D eigenvalue weighted by atomic mass is 32.2. The monoisotopic (exact) mass is 146 g/mol. The second-order valence-corrected chi connectivity index (χ2v) is 5.47. The van der Waals surface area contributed by atoms with Crippen molar-refractivity contribution in [3.63, 3.8) is 0 Å². The first kappa shape index (κ1) is 7.26. The summed E-state index contributed by atoms with van der Waals surface area (Å²) in [4.78, 5) is 0. The van der Waals surface area contributed by atoms with Crippen molar-refractivity contribution >= 4 is 10.8 Å². The molecule has 0 aromatic heterocycles. The van der Waals surface area contributed by atoms with Crippen molar-refractivity contribution in [2.24, 2.45) is 0 Å². The predicted octanol–water partition coefficient (Wildman–Crippen LogP) is 1.70. The molecule has 54 valence electrons. The van der Waals surface area contributed by atoms with Crippen molar-refractivity contribution in [2.45, 2.75) is 37.9 Å². The molecule has 2 heteroatoms. The lowest BCUT2D eigenvalue weighted by Crippen LogP contribution is -2.31. The lowest BCUT2D eigenvalue weighted by molar-refractivity contribution is 0.536. The molecule has 1 aliphatic rings. The van der Waals surface area contributed by atoms with Crippen LogP contribution in [-0.4, -0.2) is 14.7 Å². The average molecular weight is 146 g/mol. The van der Waals surface area contributed by atoms with Crippen LogP contribution >= 0.6 is 0 Å². The molecule has 0 aromatic rings. The van der Waals surface area contributed by atoms with E-state index in [1.165, 1.54) is 6.42 Å². The van der Waals surface area contributed by atoms with Gasteiger partial charge in [-0.1, -0.05) is 6.42 Å². The highest BCUT2D eigenvalue weighted by Crippen LogP contribution is 2.26. The van der Waals surface area contributed by atoms with Gasteiger partial charge in [0.2, 0.25) is 0 Å². The van der Waals surface area contributed by atoms with E-state index in [2.05, 4.69) is 13.8 Å². The first-order chi connectivity index (χ1) is 4.13. The van der Waals surface area contributed by atoms with Gasteiger partial charge in [0.25, 0.3) is 0 Å². The minimum Gasteiger partial charge on any atom is -0.259 e. The zero-order valence-corrected chi connectivity index (χ0v) is 6.96. The molecule has 0 radical (unpaired) electrons. The minimum atomic E-state index is -0.551. The van der Waals surface area contributed by atoms with E-state index in [0.717, 1.165) is 18.6 Å². The summed E-state index contributed by atoms with van der Waals surface area (Å²) in [5.74, 6) is 0.924. The van der Waals surface area contributed by atoms with E-state index < -0.39 is 10.8 Å². The first-order valence-corrected chi connectivity index (χ1v) is 4.83. The largest absolute Gasteiger partial charge is 0.259 e. The van der Waals surface area contributed by atoms with Gasteiger partial charge in [-0.2, -0.15) is 0 Å². The number of rotatable bonds is 0. The molecule has 1 aliphatic heterocycles. The molecule has 0 amide bonds. The van der Waals surface area contributed by atoms with Crippen LogP contribution in [0, 0.1) is 0 Å². The maximum absolute atomic E-state index is 11.2. The van der Waals surface area contributed by atoms with Gasteiger partial charge in [0, 0.05) is 21.3 Å². The quantitative estimate of drug-likeness (QED) is 0.508. The van der Waals surface area contributed by atoms with Gasteiger partial charge in [-0.25, -0.2) is 0 Å². The molecule has 0 aliphatic carbocycles. The summed E-state index contributed by atoms with van der Waals surface area (Å²) in [6.45, 7) is 4.20. The lowest BCUT2D eigenvalue weighted by Gasteiger charge is -2.27. The van der Waals surface area contributed by atoms with E-state index in [9.17, 15) is 4.21 Å². The van der Waals surface area contributed by atoms with Crippen molar-refractivity contribution in [1.82, 2.24) is 0 Å². The van der Waals surface area contributed by atoms with Crippen LogP contribution < -0.4 is 0 Å². The summed E-state index contributed by atoms with van der Waals surface area (Å²) in [6, 6.07) is 0. The molecule has 1 nitrogen and oxygen atoms in total. The number of hydrogen-bond acceptors (Lipinski definition) is 1. The summed E-state index contributed by atoms with van der Waals surface area (Å²) >= 11 is 0. The van der Waals surface area contributed by atoms with Crippen LogP contribution in [0.15, 0.2) is 0 Å². The second-order valence-electron chi connectivity index (χ2n) is 3.27. The smallest absolute Gasteiger partial charge is 0.0403 e. The van der Waals surface area contributed by atoms with Gasteiger partial charge in [0.05, 0.1) is 0 Å². The van der Waals surface area contributed by atoms with E-state index in [4.69, 9.17) is 0 Å². The SMILES string of the molecule is CC1(C)CCCCS1=O. The Morgan fingerprint density at radius 3 is 2.33 bits per heavy atom. The van der Waals surface area contributed by atoms with Gasteiger partial charge in [0.15, 0.2) is 0 Å². The highest BCUT2D eigenvalue weighted by Gasteiger charge is 2.28. The van der Waals surface area contributed by atoms with Crippen LogP contribution in [0.2, 0.25) is 0 Å². The molecule has 1 atom stereocenters. The lowest BCUT2D eigenvalue weighted by atomic mass is 10.1. The summed E-state index contributed by atoms with van der Waals surface area (Å²) in [6.07, 6.45) is 3.56. The van der Waals surface area contributed by atoms with Crippen molar-refractivity contribution in [1.29, 1.82) is 0 Å². The Morgan fingerprint density at radius 1 is 1.33 bits per heavy atom. The standard InChI is InChI=1S/C7H14OS/c1-7(2)5-3-4-6-9(7)8/h3-6H2,1-2H3. The molecule has 1 saturated heterocycles. The molecule has 0 N–H and O–H groups in total. The molecule has 1 heterocycles. The van der Waals surface area contributed by atoms with E-state index >= 15 is 0 Å². The molecule has 0 aromatic carbocycles. The molecule has 0 spiro atoms. The highest BCUT2D eigenvalue weighted by molar-refractivity contribution is 7.86. The van der Waals surface area contributed by atoms with Crippen molar-refractivity contribution in [2.75, 3.05) is 5.75 Å². The Balaban J connectivity index is 2.60. The summed E-state index contributed by atoms with van der Waals surface area (Å²) in [5.41, 5.74) is 0. The summed E-state index contributed by atoms with van der Waals surface area (Å²) in [5, 5.41) is 0. The summed E-state index contributed by atoms with van der Waals surface area (Å²) in [7, 11) is -0.551. The third-order valence-corrected chi connectivity index (χ3v) is 4.07. The van der Waals surface area contributed by atoms with E-state index in [1.54, 1.807) is 0 Å². The topological polar surface area (TPSA) is 17.1 Å². The van der Waals surface area contributed by atoms with Crippen LogP contribution in [0.4, 0.5) is 0 Å². The first-order valence-electron chi connectivity index (χ1n) is 3.51. The van der Waals surface area contributed by atoms with Crippen LogP contribution in [0.3, 0.4) is 0 Å². The zero-order chi connectivity index (χ0) is 6.91. The summed E-state index contributed by atoms with van der Waals surface area (Å²) < 4.78 is 11.3. The van der Waals surface area contributed by atoms with Crippen LogP contribution in [0.1, 0.15) is 33.1 Å². The fourth-order valence-electron chi connectivity index (χ4n) is 1.17. The molecular weight excluding hydrogens is 132 g/mol. The van der Waals surface area contributed by atoms with Crippen LogP contribution in [0.25, 0.3) is 0 Å². The second kappa shape index (κ2) is 2.41. The third kappa shape index (κ3) is 1.54. The fraction of sp³-hybridized carbons (Fsp3) is 1.00. The molecule has 9 heavy (non-hydrogen) atoms. The molecule has 0 saturated carbocycles. The van der Waals surface area contributed by atoms with Crippen molar-refractivity contribution in [3.05, 3.63) is 0 Å². The molecule has 1 rings (SSSR count). The number of hydrogen-bond donors (Lipinski definition) is 0. The van der Waals surface area contributed by atoms with Crippen LogP contribution in [-0.2, 0) is 10.8 Å². The Labute approximate surface area is 59.3 Å². The van der Waals surface area contributed by atoms with Gasteiger partial charge >= 0.3 is 0 Å². The Morgan fingerprint density at radius 2 is 2.00 bits per heavy atom. The van der Waals surface area contributed by atoms with E-state index in [-0.39, 0.29) is 4.75 Å². The Kier molecular flexibility index (Phi) is 1.94. The molecule has 0 bridgehead atoms. The van der Waals surface area contributed by atoms with Gasteiger partial charge < -0.3 is 0 Å². The van der Waals surface area contributed by atoms with Gasteiger partial charge in [0.1, 0.15) is 0 Å². The Hall–Kier alpha value is 0.150. The Bertz CT molecular complexity index is 129.